The lowest BCUT2D eigenvalue weighted by Gasteiger charge is -2.40. The molecule has 39 heavy (non-hydrogen) atoms. The van der Waals surface area contributed by atoms with E-state index in [2.05, 4.69) is 4.90 Å². The van der Waals surface area contributed by atoms with Crippen molar-refractivity contribution in [2.24, 2.45) is 0 Å². The average Bonchev–Trinajstić information content (AvgIpc) is 2.92. The summed E-state index contributed by atoms with van der Waals surface area (Å²) in [5.74, 6) is -2.42. The number of allylic oxidation sites excluding steroid dienone is 1. The van der Waals surface area contributed by atoms with Gasteiger partial charge >= 0.3 is 11.9 Å². The number of rotatable bonds is 10. The van der Waals surface area contributed by atoms with Crippen LogP contribution in [-0.4, -0.2) is 58.8 Å². The number of ether oxygens (including phenoxy) is 1. The molecule has 0 spiro atoms. The number of likely N-dealkylation sites (tertiary alicyclic amines) is 1. The first-order valence-corrected chi connectivity index (χ1v) is 14.3. The van der Waals surface area contributed by atoms with Gasteiger partial charge in [-0.05, 0) is 76.9 Å². The number of fused-ring (bicyclic) bond motifs is 1. The van der Waals surface area contributed by atoms with Crippen LogP contribution in [0.2, 0.25) is 5.02 Å². The maximum atomic E-state index is 14.2. The van der Waals surface area contributed by atoms with Crippen molar-refractivity contribution >= 4 is 29.2 Å². The smallest absolute Gasteiger partial charge is 0.336 e. The van der Waals surface area contributed by atoms with E-state index in [1.165, 1.54) is 19.3 Å². The number of halogens is 1. The zero-order valence-electron chi connectivity index (χ0n) is 23.0. The van der Waals surface area contributed by atoms with E-state index in [9.17, 15) is 19.5 Å². The molecule has 0 aliphatic carbocycles. The Labute approximate surface area is 234 Å². The van der Waals surface area contributed by atoms with Crippen molar-refractivity contribution in [3.8, 4) is 0 Å². The van der Waals surface area contributed by atoms with Crippen molar-refractivity contribution in [3.05, 3.63) is 74.3 Å². The van der Waals surface area contributed by atoms with Crippen LogP contribution in [0.25, 0.3) is 0 Å². The molecule has 1 N–H and O–H groups in total. The highest BCUT2D eigenvalue weighted by Crippen LogP contribution is 2.46. The number of nitrogens with zero attached hydrogens (tertiary/aromatic N) is 3. The maximum absolute atomic E-state index is 14.2. The number of piperidine rings is 1. The van der Waals surface area contributed by atoms with Gasteiger partial charge in [-0.2, -0.15) is 0 Å². The molecule has 1 aromatic carbocycles. The molecule has 1 fully saturated rings. The second-order valence-corrected chi connectivity index (χ2v) is 10.6. The van der Waals surface area contributed by atoms with Crippen molar-refractivity contribution in [2.45, 2.75) is 71.4 Å². The lowest BCUT2D eigenvalue weighted by atomic mass is 9.80. The number of anilines is 1. The molecule has 2 aliphatic heterocycles. The maximum Gasteiger partial charge on any atom is 0.336 e. The fourth-order valence-corrected chi connectivity index (χ4v) is 6.16. The predicted molar refractivity (Wildman–Crippen MR) is 152 cm³/mol. The molecule has 1 aromatic heterocycles. The predicted octanol–water partition coefficient (Wildman–Crippen LogP) is 5.03. The fraction of sp³-hybridized carbons (Fsp3) is 0.500. The van der Waals surface area contributed by atoms with Crippen LogP contribution in [0.4, 0.5) is 5.69 Å². The van der Waals surface area contributed by atoms with Crippen LogP contribution in [-0.2, 0) is 20.9 Å². The third-order valence-corrected chi connectivity index (χ3v) is 8.13. The summed E-state index contributed by atoms with van der Waals surface area (Å²) in [5.41, 5.74) is 1.86. The van der Waals surface area contributed by atoms with Gasteiger partial charge in [0.1, 0.15) is 6.04 Å². The van der Waals surface area contributed by atoms with E-state index >= 15 is 0 Å². The van der Waals surface area contributed by atoms with Gasteiger partial charge in [0.15, 0.2) is 0 Å². The highest BCUT2D eigenvalue weighted by atomic mass is 35.5. The molecule has 0 bridgehead atoms. The number of aromatic nitrogens is 1. The standard InChI is InChI=1S/C30H38ClN3O5/c1-4-23(29(36)37)34-20(3)25(30(38)39-5-2)26(21-12-7-8-13-22(21)31)27-24(34)14-19-33(28(27)35)18-11-17-32-15-9-6-10-16-32/h7-8,12-14,19,23,26H,4-6,9-11,15-18H2,1-3H3,(H,36,37). The van der Waals surface area contributed by atoms with Crippen molar-refractivity contribution < 1.29 is 19.4 Å². The number of carbonyl (C=O) groups is 2. The number of carbonyl (C=O) groups excluding carboxylic acids is 1. The first-order chi connectivity index (χ1) is 18.8. The molecule has 0 radical (unpaired) electrons. The highest BCUT2D eigenvalue weighted by Gasteiger charge is 2.42. The second-order valence-electron chi connectivity index (χ2n) is 10.2. The van der Waals surface area contributed by atoms with E-state index in [0.29, 0.717) is 34.1 Å². The summed E-state index contributed by atoms with van der Waals surface area (Å²) in [7, 11) is 0. The Balaban J connectivity index is 1.87. The molecular formula is C30H38ClN3O5. The number of hydrogen-bond acceptors (Lipinski definition) is 6. The summed E-state index contributed by atoms with van der Waals surface area (Å²) in [4.78, 5) is 44.1. The zero-order chi connectivity index (χ0) is 28.1. The number of carboxylic acids is 1. The monoisotopic (exact) mass is 555 g/mol. The van der Waals surface area contributed by atoms with Gasteiger partial charge in [0.05, 0.1) is 29.3 Å². The average molecular weight is 556 g/mol. The van der Waals surface area contributed by atoms with E-state index in [0.717, 1.165) is 26.1 Å². The van der Waals surface area contributed by atoms with Crippen LogP contribution in [0.3, 0.4) is 0 Å². The van der Waals surface area contributed by atoms with E-state index in [1.807, 2.05) is 6.07 Å². The van der Waals surface area contributed by atoms with Gasteiger partial charge < -0.3 is 24.2 Å². The van der Waals surface area contributed by atoms with Crippen LogP contribution < -0.4 is 10.5 Å². The molecule has 2 unspecified atom stereocenters. The molecule has 210 valence electrons. The summed E-state index contributed by atoms with van der Waals surface area (Å²) in [6.45, 7) is 8.95. The number of pyridine rings is 1. The Bertz CT molecular complexity index is 1300. The molecule has 2 aliphatic rings. The SMILES string of the molecule is CCOC(=O)C1=C(C)N(C(CC)C(=O)O)c2ccn(CCCN3CCCCC3)c(=O)c2C1c1ccccc1Cl. The Morgan fingerprint density at radius 2 is 1.82 bits per heavy atom. The zero-order valence-corrected chi connectivity index (χ0v) is 23.7. The van der Waals surface area contributed by atoms with E-state index in [1.54, 1.807) is 60.7 Å². The molecule has 2 atom stereocenters. The molecule has 4 rings (SSSR count). The minimum Gasteiger partial charge on any atom is -0.480 e. The summed E-state index contributed by atoms with van der Waals surface area (Å²) in [6, 6.07) is 7.99. The van der Waals surface area contributed by atoms with Crippen LogP contribution in [0.5, 0.6) is 0 Å². The molecule has 0 saturated carbocycles. The Morgan fingerprint density at radius 3 is 2.46 bits per heavy atom. The van der Waals surface area contributed by atoms with Gasteiger partial charge in [-0.15, -0.1) is 0 Å². The first-order valence-electron chi connectivity index (χ1n) is 13.9. The Morgan fingerprint density at radius 1 is 1.10 bits per heavy atom. The molecule has 1 saturated heterocycles. The Hall–Kier alpha value is -3.10. The number of aliphatic carboxylic acids is 1. The van der Waals surface area contributed by atoms with E-state index in [-0.39, 0.29) is 24.2 Å². The summed E-state index contributed by atoms with van der Waals surface area (Å²) in [6.07, 6.45) is 6.51. The lowest BCUT2D eigenvalue weighted by Crippen LogP contribution is -2.46. The molecule has 9 heteroatoms. The third-order valence-electron chi connectivity index (χ3n) is 7.78. The number of aryl methyl sites for hydroxylation is 1. The van der Waals surface area contributed by atoms with E-state index < -0.39 is 23.9 Å². The Kier molecular flexibility index (Phi) is 9.51. The van der Waals surface area contributed by atoms with Gasteiger partial charge in [-0.25, -0.2) is 9.59 Å². The third kappa shape index (κ3) is 5.92. The molecule has 8 nitrogen and oxygen atoms in total. The molecule has 0 amide bonds. The number of benzene rings is 1. The lowest BCUT2D eigenvalue weighted by molar-refractivity contribution is -0.140. The van der Waals surface area contributed by atoms with Gasteiger partial charge in [-0.1, -0.05) is 43.1 Å². The quantitative estimate of drug-likeness (QED) is 0.411. The second kappa shape index (κ2) is 12.8. The van der Waals surface area contributed by atoms with Crippen molar-refractivity contribution in [1.82, 2.24) is 9.47 Å². The molecule has 2 aromatic rings. The van der Waals surface area contributed by atoms with Crippen LogP contribution in [0.1, 0.15) is 69.9 Å². The first kappa shape index (κ1) is 28.9. The fourth-order valence-electron chi connectivity index (χ4n) is 5.92. The number of carboxylic acid groups (broad SMARTS) is 1. The van der Waals surface area contributed by atoms with Gasteiger partial charge in [0.25, 0.3) is 5.56 Å². The summed E-state index contributed by atoms with van der Waals surface area (Å²) in [5, 5.41) is 10.5. The van der Waals surface area contributed by atoms with Gasteiger partial charge in [0.2, 0.25) is 0 Å². The van der Waals surface area contributed by atoms with E-state index in [4.69, 9.17) is 16.3 Å². The van der Waals surface area contributed by atoms with Gasteiger partial charge in [-0.3, -0.25) is 4.79 Å². The largest absolute Gasteiger partial charge is 0.480 e. The highest BCUT2D eigenvalue weighted by molar-refractivity contribution is 6.31. The van der Waals surface area contributed by atoms with Crippen molar-refractivity contribution in [1.29, 1.82) is 0 Å². The van der Waals surface area contributed by atoms with Crippen molar-refractivity contribution in [2.75, 3.05) is 31.1 Å². The summed E-state index contributed by atoms with van der Waals surface area (Å²) < 4.78 is 7.13. The normalized spacial score (nSPS) is 18.6. The molecule has 3 heterocycles. The summed E-state index contributed by atoms with van der Waals surface area (Å²) >= 11 is 6.66. The number of esters is 1. The van der Waals surface area contributed by atoms with Gasteiger partial charge in [0, 0.05) is 23.5 Å². The minimum absolute atomic E-state index is 0.142. The topological polar surface area (TPSA) is 92.1 Å². The van der Waals surface area contributed by atoms with Crippen LogP contribution in [0.15, 0.2) is 52.6 Å². The van der Waals surface area contributed by atoms with Crippen LogP contribution in [0, 0.1) is 0 Å². The minimum atomic E-state index is -1.03. The van der Waals surface area contributed by atoms with Crippen molar-refractivity contribution in [3.63, 3.8) is 0 Å². The van der Waals surface area contributed by atoms with Crippen LogP contribution >= 0.6 is 11.6 Å². The number of hydrogen-bond donors (Lipinski definition) is 1. The molecular weight excluding hydrogens is 518 g/mol.